The first-order valence-corrected chi connectivity index (χ1v) is 9.75. The molecule has 0 aliphatic heterocycles. The van der Waals surface area contributed by atoms with Crippen LogP contribution in [-0.4, -0.2) is 28.6 Å². The molecule has 0 saturated heterocycles. The van der Waals surface area contributed by atoms with E-state index in [2.05, 4.69) is 15.5 Å². The van der Waals surface area contributed by atoms with Gasteiger partial charge in [-0.3, -0.25) is 9.59 Å². The Balaban J connectivity index is 1.45. The summed E-state index contributed by atoms with van der Waals surface area (Å²) in [7, 11) is 0. The van der Waals surface area contributed by atoms with E-state index in [1.54, 1.807) is 11.3 Å². The Labute approximate surface area is 166 Å². The Morgan fingerprint density at radius 1 is 1.21 bits per heavy atom. The van der Waals surface area contributed by atoms with Gasteiger partial charge in [-0.1, -0.05) is 22.9 Å². The van der Waals surface area contributed by atoms with Crippen LogP contribution in [-0.2, 0) is 20.7 Å². The van der Waals surface area contributed by atoms with E-state index < -0.39 is 5.97 Å². The highest BCUT2D eigenvalue weighted by Crippen LogP contribution is 2.22. The molecule has 3 aromatic rings. The van der Waals surface area contributed by atoms with Crippen molar-refractivity contribution in [3.05, 3.63) is 51.5 Å². The van der Waals surface area contributed by atoms with E-state index in [9.17, 15) is 9.59 Å². The normalized spacial score (nSPS) is 10.7. The molecule has 2 aromatic heterocycles. The number of hydrogen-bond acceptors (Lipinski definition) is 7. The van der Waals surface area contributed by atoms with Crippen molar-refractivity contribution in [2.75, 3.05) is 11.9 Å². The van der Waals surface area contributed by atoms with E-state index in [1.165, 1.54) is 0 Å². The zero-order chi connectivity index (χ0) is 20.1. The summed E-state index contributed by atoms with van der Waals surface area (Å²) < 4.78 is 10.2. The average molecular weight is 399 g/mol. The molecular formula is C20H21N3O4S. The van der Waals surface area contributed by atoms with Crippen LogP contribution in [0.3, 0.4) is 0 Å². The van der Waals surface area contributed by atoms with E-state index in [0.717, 1.165) is 27.9 Å². The third kappa shape index (κ3) is 5.04. The van der Waals surface area contributed by atoms with Crippen molar-refractivity contribution in [2.45, 2.75) is 33.6 Å². The number of anilines is 1. The monoisotopic (exact) mass is 399 g/mol. The SMILES string of the molecule is Cc1cc(C)c(NC(=O)COC(=O)CCc2nc(-c3ccsc3)no2)c(C)c1. The molecule has 0 fully saturated rings. The summed E-state index contributed by atoms with van der Waals surface area (Å²) in [6.07, 6.45) is 0.314. The predicted molar refractivity (Wildman–Crippen MR) is 106 cm³/mol. The first-order valence-electron chi connectivity index (χ1n) is 8.81. The maximum absolute atomic E-state index is 12.1. The standard InChI is InChI=1S/C20H21N3O4S/c1-12-8-13(2)19(14(3)9-12)21-16(24)10-26-18(25)5-4-17-22-20(23-27-17)15-6-7-28-11-15/h6-9,11H,4-5,10H2,1-3H3,(H,21,24). The van der Waals surface area contributed by atoms with E-state index in [0.29, 0.717) is 11.7 Å². The highest BCUT2D eigenvalue weighted by atomic mass is 32.1. The van der Waals surface area contributed by atoms with Gasteiger partial charge in [-0.2, -0.15) is 16.3 Å². The number of carbonyl (C=O) groups is 2. The Hall–Kier alpha value is -3.00. The molecule has 0 aliphatic rings. The number of hydrogen-bond donors (Lipinski definition) is 1. The van der Waals surface area contributed by atoms with Crippen LogP contribution in [0.15, 0.2) is 33.5 Å². The molecule has 0 radical (unpaired) electrons. The molecule has 0 atom stereocenters. The van der Waals surface area contributed by atoms with Crippen LogP contribution in [0.1, 0.15) is 29.0 Å². The maximum atomic E-state index is 12.1. The number of nitrogens with zero attached hydrogens (tertiary/aromatic N) is 2. The Morgan fingerprint density at radius 2 is 1.96 bits per heavy atom. The molecule has 2 heterocycles. The topological polar surface area (TPSA) is 94.3 Å². The first-order chi connectivity index (χ1) is 13.4. The average Bonchev–Trinajstić information content (AvgIpc) is 3.32. The lowest BCUT2D eigenvalue weighted by Gasteiger charge is -2.12. The molecule has 146 valence electrons. The number of rotatable bonds is 7. The molecular weight excluding hydrogens is 378 g/mol. The molecule has 8 heteroatoms. The highest BCUT2D eigenvalue weighted by molar-refractivity contribution is 7.08. The summed E-state index contributed by atoms with van der Waals surface area (Å²) in [4.78, 5) is 28.2. The van der Waals surface area contributed by atoms with Gasteiger partial charge >= 0.3 is 5.97 Å². The van der Waals surface area contributed by atoms with E-state index in [-0.39, 0.29) is 25.4 Å². The number of esters is 1. The molecule has 1 aromatic carbocycles. The van der Waals surface area contributed by atoms with Gasteiger partial charge in [-0.05, 0) is 43.3 Å². The van der Waals surface area contributed by atoms with Crippen molar-refractivity contribution in [1.82, 2.24) is 10.1 Å². The Bertz CT molecular complexity index is 956. The number of aryl methyl sites for hydroxylation is 4. The van der Waals surface area contributed by atoms with Gasteiger partial charge in [0, 0.05) is 23.1 Å². The van der Waals surface area contributed by atoms with Crippen molar-refractivity contribution in [3.63, 3.8) is 0 Å². The van der Waals surface area contributed by atoms with Crippen LogP contribution in [0.25, 0.3) is 11.4 Å². The summed E-state index contributed by atoms with van der Waals surface area (Å²) in [6.45, 7) is 5.52. The minimum atomic E-state index is -0.497. The van der Waals surface area contributed by atoms with Crippen LogP contribution < -0.4 is 5.32 Å². The first kappa shape index (κ1) is 19.8. The van der Waals surface area contributed by atoms with Crippen molar-refractivity contribution < 1.29 is 18.8 Å². The fraction of sp³-hybridized carbons (Fsp3) is 0.300. The molecule has 0 spiro atoms. The van der Waals surface area contributed by atoms with Crippen LogP contribution in [0.4, 0.5) is 5.69 Å². The second kappa shape index (κ2) is 8.79. The minimum absolute atomic E-state index is 0.0567. The van der Waals surface area contributed by atoms with Crippen molar-refractivity contribution >= 4 is 28.9 Å². The lowest BCUT2D eigenvalue weighted by Crippen LogP contribution is -2.22. The molecule has 0 bridgehead atoms. The molecule has 0 aliphatic carbocycles. The number of amides is 1. The van der Waals surface area contributed by atoms with Gasteiger partial charge < -0.3 is 14.6 Å². The molecule has 1 amide bonds. The molecule has 0 unspecified atom stereocenters. The second-order valence-electron chi connectivity index (χ2n) is 6.51. The molecule has 7 nitrogen and oxygen atoms in total. The molecule has 1 N–H and O–H groups in total. The number of aromatic nitrogens is 2. The number of thiophene rings is 1. The summed E-state index contributed by atoms with van der Waals surface area (Å²) in [5.41, 5.74) is 4.69. The van der Waals surface area contributed by atoms with Crippen LogP contribution in [0.5, 0.6) is 0 Å². The Kier molecular flexibility index (Phi) is 6.20. The molecule has 28 heavy (non-hydrogen) atoms. The van der Waals surface area contributed by atoms with Gasteiger partial charge in [0.15, 0.2) is 6.61 Å². The summed E-state index contributed by atoms with van der Waals surface area (Å²) in [5.74, 6) is -0.0231. The van der Waals surface area contributed by atoms with Crippen LogP contribution in [0, 0.1) is 20.8 Å². The number of nitrogens with one attached hydrogen (secondary N) is 1. The zero-order valence-corrected chi connectivity index (χ0v) is 16.8. The smallest absolute Gasteiger partial charge is 0.306 e. The zero-order valence-electron chi connectivity index (χ0n) is 15.9. The summed E-state index contributed by atoms with van der Waals surface area (Å²) in [5, 5.41) is 10.5. The van der Waals surface area contributed by atoms with Crippen LogP contribution in [0.2, 0.25) is 0 Å². The van der Waals surface area contributed by atoms with Gasteiger partial charge in [0.1, 0.15) is 0 Å². The lowest BCUT2D eigenvalue weighted by atomic mass is 10.1. The summed E-state index contributed by atoms with van der Waals surface area (Å²) in [6, 6.07) is 5.87. The van der Waals surface area contributed by atoms with Crippen molar-refractivity contribution in [2.24, 2.45) is 0 Å². The van der Waals surface area contributed by atoms with Gasteiger partial charge in [0.2, 0.25) is 11.7 Å². The number of ether oxygens (including phenoxy) is 1. The summed E-state index contributed by atoms with van der Waals surface area (Å²) >= 11 is 1.54. The predicted octanol–water partition coefficient (Wildman–Crippen LogP) is 3.84. The Morgan fingerprint density at radius 3 is 2.64 bits per heavy atom. The largest absolute Gasteiger partial charge is 0.456 e. The lowest BCUT2D eigenvalue weighted by molar-refractivity contribution is -0.147. The maximum Gasteiger partial charge on any atom is 0.306 e. The van der Waals surface area contributed by atoms with Crippen molar-refractivity contribution in [3.8, 4) is 11.4 Å². The van der Waals surface area contributed by atoms with E-state index >= 15 is 0 Å². The van der Waals surface area contributed by atoms with Gasteiger partial charge in [-0.15, -0.1) is 0 Å². The fourth-order valence-corrected chi connectivity index (χ4v) is 3.48. The molecule has 3 rings (SSSR count). The van der Waals surface area contributed by atoms with E-state index in [1.807, 2.05) is 49.7 Å². The van der Waals surface area contributed by atoms with Gasteiger partial charge in [0.25, 0.3) is 5.91 Å². The van der Waals surface area contributed by atoms with Crippen LogP contribution >= 0.6 is 11.3 Å². The van der Waals surface area contributed by atoms with E-state index in [4.69, 9.17) is 9.26 Å². The van der Waals surface area contributed by atoms with Gasteiger partial charge in [-0.25, -0.2) is 0 Å². The van der Waals surface area contributed by atoms with Gasteiger partial charge in [0.05, 0.1) is 6.42 Å². The number of carbonyl (C=O) groups excluding carboxylic acids is 2. The number of benzene rings is 1. The third-order valence-corrected chi connectivity index (χ3v) is 4.78. The highest BCUT2D eigenvalue weighted by Gasteiger charge is 2.14. The fourth-order valence-electron chi connectivity index (χ4n) is 2.85. The second-order valence-corrected chi connectivity index (χ2v) is 7.29. The van der Waals surface area contributed by atoms with Crippen molar-refractivity contribution in [1.29, 1.82) is 0 Å². The quantitative estimate of drug-likeness (QED) is 0.607. The molecule has 0 saturated carbocycles. The third-order valence-electron chi connectivity index (χ3n) is 4.10. The minimum Gasteiger partial charge on any atom is -0.456 e.